The Hall–Kier alpha value is -2.92. The number of hydrogen-bond donors (Lipinski definition) is 1. The summed E-state index contributed by atoms with van der Waals surface area (Å²) in [6.07, 6.45) is 0. The molecule has 4 nitrogen and oxygen atoms in total. The van der Waals surface area contributed by atoms with E-state index >= 15 is 0 Å². The Morgan fingerprint density at radius 1 is 1.07 bits per heavy atom. The van der Waals surface area contributed by atoms with Crippen LogP contribution in [-0.4, -0.2) is 30.5 Å². The first-order valence-corrected chi connectivity index (χ1v) is 10.4. The molecule has 1 N–H and O–H groups in total. The van der Waals surface area contributed by atoms with E-state index < -0.39 is 0 Å². The van der Waals surface area contributed by atoms with Gasteiger partial charge in [0.15, 0.2) is 0 Å². The standard InChI is InChI=1S/C24H22O4S/c1-27-23(26)15-29-19-10-7-17(8-11-19)24-20-13-18(25)9-12-22(20)28-14-21(24)16-5-3-2-4-6-16/h2-13,21,24-25H,14-15H2,1H3/t21-,24-/m0/s1. The lowest BCUT2D eigenvalue weighted by Gasteiger charge is -2.34. The van der Waals surface area contributed by atoms with Crippen LogP contribution in [0.5, 0.6) is 11.5 Å². The van der Waals surface area contributed by atoms with Crippen LogP contribution in [0.4, 0.5) is 0 Å². The average Bonchev–Trinajstić information content (AvgIpc) is 2.77. The van der Waals surface area contributed by atoms with Gasteiger partial charge in [0.25, 0.3) is 0 Å². The van der Waals surface area contributed by atoms with Gasteiger partial charge in [-0.25, -0.2) is 0 Å². The number of thioether (sulfide) groups is 1. The molecule has 0 saturated carbocycles. The zero-order chi connectivity index (χ0) is 20.2. The lowest BCUT2D eigenvalue weighted by atomic mass is 9.76. The summed E-state index contributed by atoms with van der Waals surface area (Å²) in [5.74, 6) is 1.29. The van der Waals surface area contributed by atoms with Crippen molar-refractivity contribution in [1.29, 1.82) is 0 Å². The molecule has 0 aliphatic carbocycles. The number of aromatic hydroxyl groups is 1. The lowest BCUT2D eigenvalue weighted by molar-refractivity contribution is -0.137. The molecule has 0 unspecified atom stereocenters. The zero-order valence-electron chi connectivity index (χ0n) is 16.1. The number of rotatable bonds is 5. The minimum atomic E-state index is -0.239. The first-order valence-electron chi connectivity index (χ1n) is 9.46. The van der Waals surface area contributed by atoms with Gasteiger partial charge in [0.2, 0.25) is 0 Å². The Morgan fingerprint density at radius 3 is 2.55 bits per heavy atom. The van der Waals surface area contributed by atoms with Crippen LogP contribution in [0.2, 0.25) is 0 Å². The van der Waals surface area contributed by atoms with E-state index in [1.807, 2.05) is 36.4 Å². The molecule has 0 amide bonds. The third-order valence-corrected chi connectivity index (χ3v) is 6.19. The molecule has 2 atom stereocenters. The van der Waals surface area contributed by atoms with Crippen LogP contribution in [-0.2, 0) is 9.53 Å². The van der Waals surface area contributed by atoms with Crippen molar-refractivity contribution in [3.63, 3.8) is 0 Å². The monoisotopic (exact) mass is 406 g/mol. The largest absolute Gasteiger partial charge is 0.508 e. The molecule has 4 rings (SSSR count). The molecule has 3 aromatic rings. The summed E-state index contributed by atoms with van der Waals surface area (Å²) in [5, 5.41) is 10.1. The third kappa shape index (κ3) is 4.25. The highest BCUT2D eigenvalue weighted by Crippen LogP contribution is 2.47. The minimum Gasteiger partial charge on any atom is -0.508 e. The van der Waals surface area contributed by atoms with Crippen molar-refractivity contribution in [1.82, 2.24) is 0 Å². The van der Waals surface area contributed by atoms with Crippen LogP contribution < -0.4 is 4.74 Å². The Bertz CT molecular complexity index is 986. The maximum absolute atomic E-state index is 11.4. The van der Waals surface area contributed by atoms with E-state index in [9.17, 15) is 9.90 Å². The Kier molecular flexibility index (Phi) is 5.76. The molecule has 0 bridgehead atoms. The first-order chi connectivity index (χ1) is 14.2. The van der Waals surface area contributed by atoms with Crippen molar-refractivity contribution in [2.75, 3.05) is 19.5 Å². The number of benzene rings is 3. The first kappa shape index (κ1) is 19.4. The summed E-state index contributed by atoms with van der Waals surface area (Å²) in [6, 6.07) is 23.9. The van der Waals surface area contributed by atoms with Crippen molar-refractivity contribution in [2.24, 2.45) is 0 Å². The van der Waals surface area contributed by atoms with Crippen LogP contribution in [0, 0.1) is 0 Å². The molecule has 5 heteroatoms. The second kappa shape index (κ2) is 8.62. The fourth-order valence-corrected chi connectivity index (χ4v) is 4.51. The van der Waals surface area contributed by atoms with Crippen molar-refractivity contribution in [3.8, 4) is 11.5 Å². The van der Waals surface area contributed by atoms with E-state index in [0.717, 1.165) is 21.8 Å². The second-order valence-electron chi connectivity index (χ2n) is 6.96. The number of methoxy groups -OCH3 is 1. The fourth-order valence-electron chi connectivity index (χ4n) is 3.78. The molecule has 1 aliphatic heterocycles. The number of phenolic OH excluding ortho intramolecular Hbond substituents is 1. The van der Waals surface area contributed by atoms with Crippen LogP contribution >= 0.6 is 11.8 Å². The molecule has 148 valence electrons. The van der Waals surface area contributed by atoms with Crippen LogP contribution in [0.3, 0.4) is 0 Å². The van der Waals surface area contributed by atoms with Gasteiger partial charge in [-0.1, -0.05) is 42.5 Å². The highest BCUT2D eigenvalue weighted by molar-refractivity contribution is 8.00. The smallest absolute Gasteiger partial charge is 0.315 e. The van der Waals surface area contributed by atoms with Crippen molar-refractivity contribution in [3.05, 3.63) is 89.5 Å². The van der Waals surface area contributed by atoms with E-state index in [1.165, 1.54) is 24.4 Å². The summed E-state index contributed by atoms with van der Waals surface area (Å²) in [7, 11) is 1.40. The van der Waals surface area contributed by atoms with Crippen molar-refractivity contribution < 1.29 is 19.4 Å². The molecular formula is C24H22O4S. The third-order valence-electron chi connectivity index (χ3n) is 5.20. The number of hydrogen-bond acceptors (Lipinski definition) is 5. The molecule has 0 aromatic heterocycles. The van der Waals surface area contributed by atoms with E-state index in [2.05, 4.69) is 24.3 Å². The number of carbonyl (C=O) groups is 1. The molecule has 1 aliphatic rings. The summed E-state index contributed by atoms with van der Waals surface area (Å²) >= 11 is 1.45. The van der Waals surface area contributed by atoms with E-state index in [4.69, 9.17) is 9.47 Å². The van der Waals surface area contributed by atoms with Crippen LogP contribution in [0.1, 0.15) is 28.5 Å². The van der Waals surface area contributed by atoms with Crippen LogP contribution in [0.25, 0.3) is 0 Å². The lowest BCUT2D eigenvalue weighted by Crippen LogP contribution is -2.25. The normalized spacial score (nSPS) is 17.8. The van der Waals surface area contributed by atoms with E-state index in [0.29, 0.717) is 6.61 Å². The van der Waals surface area contributed by atoms with Gasteiger partial charge < -0.3 is 14.6 Å². The van der Waals surface area contributed by atoms with Gasteiger partial charge in [-0.3, -0.25) is 4.79 Å². The Balaban J connectivity index is 1.69. The number of ether oxygens (including phenoxy) is 2. The van der Waals surface area contributed by atoms with Gasteiger partial charge in [-0.05, 0) is 41.5 Å². The highest BCUT2D eigenvalue weighted by Gasteiger charge is 2.33. The predicted octanol–water partition coefficient (Wildman–Crippen LogP) is 4.97. The van der Waals surface area contributed by atoms with Gasteiger partial charge in [-0.2, -0.15) is 0 Å². The topological polar surface area (TPSA) is 55.8 Å². The second-order valence-corrected chi connectivity index (χ2v) is 8.01. The molecule has 0 saturated heterocycles. The number of fused-ring (bicyclic) bond motifs is 1. The van der Waals surface area contributed by atoms with Gasteiger partial charge >= 0.3 is 5.97 Å². The summed E-state index contributed by atoms with van der Waals surface area (Å²) in [6.45, 7) is 0.575. The van der Waals surface area contributed by atoms with Gasteiger partial charge in [0.1, 0.15) is 11.5 Å². The molecule has 1 heterocycles. The predicted molar refractivity (Wildman–Crippen MR) is 114 cm³/mol. The molecule has 29 heavy (non-hydrogen) atoms. The van der Waals surface area contributed by atoms with Gasteiger partial charge in [0, 0.05) is 22.3 Å². The average molecular weight is 407 g/mol. The maximum atomic E-state index is 11.4. The molecule has 0 spiro atoms. The van der Waals surface area contributed by atoms with Gasteiger partial charge in [0.05, 0.1) is 19.5 Å². The summed E-state index contributed by atoms with van der Waals surface area (Å²) < 4.78 is 10.7. The summed E-state index contributed by atoms with van der Waals surface area (Å²) in [5.41, 5.74) is 3.34. The van der Waals surface area contributed by atoms with Gasteiger partial charge in [-0.15, -0.1) is 11.8 Å². The maximum Gasteiger partial charge on any atom is 0.315 e. The Morgan fingerprint density at radius 2 is 1.83 bits per heavy atom. The Labute approximate surface area is 174 Å². The number of carbonyl (C=O) groups excluding carboxylic acids is 1. The van der Waals surface area contributed by atoms with Crippen molar-refractivity contribution >= 4 is 17.7 Å². The minimum absolute atomic E-state index is 0.0629. The number of phenols is 1. The summed E-state index contributed by atoms with van der Waals surface area (Å²) in [4.78, 5) is 12.4. The fraction of sp³-hybridized carbons (Fsp3) is 0.208. The quantitative estimate of drug-likeness (QED) is 0.479. The van der Waals surface area contributed by atoms with E-state index in [1.54, 1.807) is 12.1 Å². The van der Waals surface area contributed by atoms with Crippen LogP contribution in [0.15, 0.2) is 77.7 Å². The highest BCUT2D eigenvalue weighted by atomic mass is 32.2. The zero-order valence-corrected chi connectivity index (χ0v) is 16.9. The number of esters is 1. The van der Waals surface area contributed by atoms with E-state index in [-0.39, 0.29) is 29.3 Å². The molecule has 0 fully saturated rings. The molecule has 0 radical (unpaired) electrons. The SMILES string of the molecule is COC(=O)CSc1ccc([C@H]2c3cc(O)ccc3OC[C@H]2c2ccccc2)cc1. The van der Waals surface area contributed by atoms with Crippen molar-refractivity contribution in [2.45, 2.75) is 16.7 Å². The molecule has 3 aromatic carbocycles. The molecular weight excluding hydrogens is 384 g/mol.